The van der Waals surface area contributed by atoms with Gasteiger partial charge in [-0.15, -0.1) is 6.42 Å². The molecular formula is C13H15ClN2O2. The molecule has 1 N–H and O–H groups in total. The highest BCUT2D eigenvalue weighted by Gasteiger charge is 2.17. The largest absolute Gasteiger partial charge is 0.299 e. The molecule has 1 aromatic rings. The van der Waals surface area contributed by atoms with Gasteiger partial charge in [0.15, 0.2) is 0 Å². The Morgan fingerprint density at radius 2 is 2.33 bits per heavy atom. The van der Waals surface area contributed by atoms with Crippen molar-refractivity contribution < 1.29 is 4.92 Å². The van der Waals surface area contributed by atoms with E-state index in [4.69, 9.17) is 18.0 Å². The molecule has 0 bridgehead atoms. The van der Waals surface area contributed by atoms with Crippen LogP contribution in [0.15, 0.2) is 18.2 Å². The Hall–Kier alpha value is -1.57. The molecule has 0 aromatic heterocycles. The number of rotatable bonds is 6. The summed E-state index contributed by atoms with van der Waals surface area (Å²) < 4.78 is 0. The molecular weight excluding hydrogens is 252 g/mol. The average molecular weight is 267 g/mol. The van der Waals surface area contributed by atoms with E-state index >= 15 is 0 Å². The molecule has 4 nitrogen and oxygen atoms in total. The molecule has 0 amide bonds. The summed E-state index contributed by atoms with van der Waals surface area (Å²) in [4.78, 5) is 10.5. The highest BCUT2D eigenvalue weighted by atomic mass is 35.5. The zero-order valence-electron chi connectivity index (χ0n) is 10.1. The minimum absolute atomic E-state index is 0.0160. The fourth-order valence-corrected chi connectivity index (χ4v) is 1.89. The number of halogens is 1. The lowest BCUT2D eigenvalue weighted by Gasteiger charge is -2.12. The van der Waals surface area contributed by atoms with Gasteiger partial charge in [-0.3, -0.25) is 15.4 Å². The van der Waals surface area contributed by atoms with Crippen LogP contribution in [0.5, 0.6) is 0 Å². The van der Waals surface area contributed by atoms with Crippen LogP contribution in [0.1, 0.15) is 25.3 Å². The van der Waals surface area contributed by atoms with Crippen molar-refractivity contribution in [1.82, 2.24) is 5.32 Å². The summed E-state index contributed by atoms with van der Waals surface area (Å²) >= 11 is 5.98. The molecule has 18 heavy (non-hydrogen) atoms. The van der Waals surface area contributed by atoms with Crippen molar-refractivity contribution >= 4 is 17.3 Å². The van der Waals surface area contributed by atoms with Crippen LogP contribution in [0.4, 0.5) is 5.69 Å². The van der Waals surface area contributed by atoms with Gasteiger partial charge in [0.1, 0.15) is 0 Å². The van der Waals surface area contributed by atoms with Gasteiger partial charge < -0.3 is 0 Å². The van der Waals surface area contributed by atoms with E-state index in [1.54, 1.807) is 12.1 Å². The van der Waals surface area contributed by atoms with Crippen LogP contribution >= 0.6 is 11.6 Å². The summed E-state index contributed by atoms with van der Waals surface area (Å²) in [5.74, 6) is 2.62. The minimum Gasteiger partial charge on any atom is -0.299 e. The van der Waals surface area contributed by atoms with Gasteiger partial charge in [-0.05, 0) is 12.5 Å². The van der Waals surface area contributed by atoms with E-state index < -0.39 is 4.92 Å². The number of hydrogen-bond acceptors (Lipinski definition) is 3. The zero-order chi connectivity index (χ0) is 13.5. The van der Waals surface area contributed by atoms with Crippen LogP contribution in [0.2, 0.25) is 5.02 Å². The highest BCUT2D eigenvalue weighted by molar-refractivity contribution is 6.31. The lowest BCUT2D eigenvalue weighted by Crippen LogP contribution is -2.27. The van der Waals surface area contributed by atoms with Crippen molar-refractivity contribution in [3.8, 4) is 12.3 Å². The van der Waals surface area contributed by atoms with Crippen LogP contribution < -0.4 is 5.32 Å². The van der Waals surface area contributed by atoms with Gasteiger partial charge in [0.2, 0.25) is 0 Å². The van der Waals surface area contributed by atoms with Crippen molar-refractivity contribution in [3.05, 3.63) is 38.9 Å². The van der Waals surface area contributed by atoms with E-state index in [0.717, 1.165) is 12.8 Å². The summed E-state index contributed by atoms with van der Waals surface area (Å²) in [6.45, 7) is 2.33. The Balaban J connectivity index is 2.84. The van der Waals surface area contributed by atoms with E-state index in [1.165, 1.54) is 6.07 Å². The normalized spacial score (nSPS) is 11.8. The SMILES string of the molecule is C#CC(CCC)NCc1c(Cl)cccc1[N+](=O)[O-]. The smallest absolute Gasteiger partial charge is 0.275 e. The molecule has 1 rings (SSSR count). The van der Waals surface area contributed by atoms with E-state index in [2.05, 4.69) is 11.2 Å². The summed E-state index contributed by atoms with van der Waals surface area (Å²) in [5, 5.41) is 14.4. The maximum Gasteiger partial charge on any atom is 0.275 e. The highest BCUT2D eigenvalue weighted by Crippen LogP contribution is 2.26. The first-order valence-electron chi connectivity index (χ1n) is 5.71. The monoisotopic (exact) mass is 266 g/mol. The van der Waals surface area contributed by atoms with Gasteiger partial charge in [-0.2, -0.15) is 0 Å². The van der Waals surface area contributed by atoms with Crippen LogP contribution in [-0.2, 0) is 6.54 Å². The summed E-state index contributed by atoms with van der Waals surface area (Å²) in [6.07, 6.45) is 7.16. The number of nitro groups is 1. The Kier molecular flexibility index (Phi) is 5.63. The average Bonchev–Trinajstić information content (AvgIpc) is 2.35. The second kappa shape index (κ2) is 7.00. The van der Waals surface area contributed by atoms with Gasteiger partial charge in [0, 0.05) is 12.6 Å². The summed E-state index contributed by atoms with van der Waals surface area (Å²) in [6, 6.07) is 4.55. The minimum atomic E-state index is -0.437. The van der Waals surface area contributed by atoms with Crippen molar-refractivity contribution in [1.29, 1.82) is 0 Å². The lowest BCUT2D eigenvalue weighted by atomic mass is 10.1. The Morgan fingerprint density at radius 1 is 1.61 bits per heavy atom. The molecule has 1 atom stereocenters. The number of terminal acetylenes is 1. The predicted molar refractivity (Wildman–Crippen MR) is 72.5 cm³/mol. The molecule has 0 aliphatic heterocycles. The second-order valence-electron chi connectivity index (χ2n) is 3.88. The van der Waals surface area contributed by atoms with Crippen molar-refractivity contribution in [2.24, 2.45) is 0 Å². The Bertz CT molecular complexity index is 469. The quantitative estimate of drug-likeness (QED) is 0.489. The molecule has 0 saturated heterocycles. The predicted octanol–water partition coefficient (Wildman–Crippen LogP) is 3.14. The number of benzene rings is 1. The van der Waals surface area contributed by atoms with Gasteiger partial charge in [-0.1, -0.05) is 36.9 Å². The van der Waals surface area contributed by atoms with Gasteiger partial charge in [0.05, 0.1) is 21.6 Å². The van der Waals surface area contributed by atoms with Crippen LogP contribution in [0, 0.1) is 22.5 Å². The molecule has 0 heterocycles. The van der Waals surface area contributed by atoms with E-state index in [9.17, 15) is 10.1 Å². The van der Waals surface area contributed by atoms with Crippen LogP contribution in [0.3, 0.4) is 0 Å². The third kappa shape index (κ3) is 3.73. The van der Waals surface area contributed by atoms with Gasteiger partial charge in [0.25, 0.3) is 5.69 Å². The molecule has 5 heteroatoms. The van der Waals surface area contributed by atoms with Crippen molar-refractivity contribution in [2.75, 3.05) is 0 Å². The molecule has 0 radical (unpaired) electrons. The van der Waals surface area contributed by atoms with Crippen LogP contribution in [0.25, 0.3) is 0 Å². The van der Waals surface area contributed by atoms with Gasteiger partial charge in [-0.25, -0.2) is 0 Å². The number of nitro benzene ring substituents is 1. The zero-order valence-corrected chi connectivity index (χ0v) is 10.9. The molecule has 0 aliphatic rings. The van der Waals surface area contributed by atoms with Gasteiger partial charge >= 0.3 is 0 Å². The molecule has 0 fully saturated rings. The fraction of sp³-hybridized carbons (Fsp3) is 0.385. The van der Waals surface area contributed by atoms with Crippen LogP contribution in [-0.4, -0.2) is 11.0 Å². The first-order chi connectivity index (χ1) is 8.60. The topological polar surface area (TPSA) is 55.2 Å². The summed E-state index contributed by atoms with van der Waals surface area (Å²) in [7, 11) is 0. The van der Waals surface area contributed by atoms with E-state index in [0.29, 0.717) is 17.1 Å². The third-order valence-corrected chi connectivity index (χ3v) is 2.95. The maximum absolute atomic E-state index is 10.9. The van der Waals surface area contributed by atoms with E-state index in [1.807, 2.05) is 6.92 Å². The third-order valence-electron chi connectivity index (χ3n) is 2.59. The van der Waals surface area contributed by atoms with E-state index in [-0.39, 0.29) is 11.7 Å². The lowest BCUT2D eigenvalue weighted by molar-refractivity contribution is -0.385. The Morgan fingerprint density at radius 3 is 2.89 bits per heavy atom. The number of nitrogens with one attached hydrogen (secondary N) is 1. The summed E-state index contributed by atoms with van der Waals surface area (Å²) in [5.41, 5.74) is 0.489. The second-order valence-corrected chi connectivity index (χ2v) is 4.29. The standard InChI is InChI=1S/C13H15ClN2O2/c1-3-6-10(4-2)15-9-11-12(14)7-5-8-13(11)16(17)18/h2,5,7-8,10,15H,3,6,9H2,1H3. The molecule has 1 aromatic carbocycles. The van der Waals surface area contributed by atoms with Crippen molar-refractivity contribution in [2.45, 2.75) is 32.4 Å². The molecule has 0 aliphatic carbocycles. The molecule has 96 valence electrons. The first-order valence-corrected chi connectivity index (χ1v) is 6.09. The molecule has 1 unspecified atom stereocenters. The Labute approximate surface area is 111 Å². The number of hydrogen-bond donors (Lipinski definition) is 1. The first kappa shape index (κ1) is 14.5. The molecule has 0 saturated carbocycles. The molecule has 0 spiro atoms. The maximum atomic E-state index is 10.9. The fourth-order valence-electron chi connectivity index (χ4n) is 1.65. The van der Waals surface area contributed by atoms with Crippen molar-refractivity contribution in [3.63, 3.8) is 0 Å². The number of nitrogens with zero attached hydrogens (tertiary/aromatic N) is 1.